The van der Waals surface area contributed by atoms with Crippen LogP contribution in [-0.4, -0.2) is 13.1 Å². The summed E-state index contributed by atoms with van der Waals surface area (Å²) in [6.45, 7) is 0. The summed E-state index contributed by atoms with van der Waals surface area (Å²) in [4.78, 5) is 13.8. The van der Waals surface area contributed by atoms with E-state index in [-0.39, 0.29) is 0 Å². The van der Waals surface area contributed by atoms with Gasteiger partial charge in [0.25, 0.3) is 0 Å². The molecule has 0 nitrogen and oxygen atoms in total. The van der Waals surface area contributed by atoms with Crippen LogP contribution in [0.5, 0.6) is 0 Å². The van der Waals surface area contributed by atoms with E-state index in [1.165, 1.54) is 0 Å². The average Bonchev–Trinajstić information content (AvgIpc) is 2.90. The lowest BCUT2D eigenvalue weighted by atomic mass is 10.2. The third kappa shape index (κ3) is 6.82. The fraction of sp³-hybridized carbons (Fsp3) is 0. The largest absolute Gasteiger partial charge is 0.486 e. The van der Waals surface area contributed by atoms with Crippen LogP contribution in [0, 0.1) is 42.8 Å². The minimum atomic E-state index is -3.34. The molecule has 33 heavy (non-hydrogen) atoms. The summed E-state index contributed by atoms with van der Waals surface area (Å²) in [7, 11) is 0. The summed E-state index contributed by atoms with van der Waals surface area (Å²) >= 11 is -3.34. The fourth-order valence-corrected chi connectivity index (χ4v) is 5.03. The zero-order valence-electron chi connectivity index (χ0n) is 18.1. The SMILES string of the molecule is C(#[C][Al-]([C]#Cc1ccccc1)([C]#Cc1ccccc1)[C]#Cc1ccccc1)c1ccccc1. The standard InChI is InChI=1S/4C8H5.Al/c4*1-2-8-6-4-3-5-7-8;/h4*3-7H;/q;;;;-1. The van der Waals surface area contributed by atoms with Gasteiger partial charge >= 0.3 is 13.1 Å². The highest BCUT2D eigenvalue weighted by Crippen LogP contribution is 2.06. The second-order valence-corrected chi connectivity index (χ2v) is 10.3. The van der Waals surface area contributed by atoms with Crippen LogP contribution in [0.25, 0.3) is 0 Å². The summed E-state index contributed by atoms with van der Waals surface area (Å²) in [6.07, 6.45) is 0. The molecule has 0 saturated carbocycles. The highest BCUT2D eigenvalue weighted by atomic mass is 27.2. The number of hydrogen-bond donors (Lipinski definition) is 0. The molecule has 0 bridgehead atoms. The van der Waals surface area contributed by atoms with Crippen LogP contribution in [-0.2, 0) is 0 Å². The third-order valence-electron chi connectivity index (χ3n) is 4.83. The van der Waals surface area contributed by atoms with Gasteiger partial charge in [0.05, 0.1) is 0 Å². The Hall–Kier alpha value is -4.35. The zero-order valence-corrected chi connectivity index (χ0v) is 19.3. The predicted molar refractivity (Wildman–Crippen MR) is 139 cm³/mol. The second-order valence-electron chi connectivity index (χ2n) is 7.41. The van der Waals surface area contributed by atoms with Crippen LogP contribution < -0.4 is 0 Å². The molecule has 0 atom stereocenters. The molecule has 4 aromatic carbocycles. The van der Waals surface area contributed by atoms with Crippen molar-refractivity contribution in [2.24, 2.45) is 0 Å². The minimum Gasteiger partial charge on any atom is -0.306 e. The topological polar surface area (TPSA) is 0 Å². The molecule has 0 aromatic heterocycles. The maximum Gasteiger partial charge on any atom is 0.486 e. The molecule has 0 aliphatic carbocycles. The van der Waals surface area contributed by atoms with Gasteiger partial charge in [0.1, 0.15) is 0 Å². The smallest absolute Gasteiger partial charge is 0.306 e. The van der Waals surface area contributed by atoms with Crippen molar-refractivity contribution in [2.45, 2.75) is 0 Å². The van der Waals surface area contributed by atoms with E-state index in [0.717, 1.165) is 22.3 Å². The van der Waals surface area contributed by atoms with Gasteiger partial charge in [0, 0.05) is 22.3 Å². The fourth-order valence-electron chi connectivity index (χ4n) is 3.07. The summed E-state index contributed by atoms with van der Waals surface area (Å²) < 4.78 is 0. The molecule has 4 rings (SSSR count). The molecule has 0 heterocycles. The monoisotopic (exact) mass is 431 g/mol. The van der Waals surface area contributed by atoms with Crippen LogP contribution in [0.3, 0.4) is 0 Å². The van der Waals surface area contributed by atoms with E-state index in [1.807, 2.05) is 121 Å². The van der Waals surface area contributed by atoms with Crippen molar-refractivity contribution in [1.82, 2.24) is 0 Å². The van der Waals surface area contributed by atoms with Crippen LogP contribution in [0.2, 0.25) is 0 Å². The van der Waals surface area contributed by atoms with Crippen LogP contribution >= 0.6 is 0 Å². The molecule has 0 N–H and O–H groups in total. The first kappa shape index (κ1) is 21.9. The van der Waals surface area contributed by atoms with Gasteiger partial charge in [0.15, 0.2) is 0 Å². The van der Waals surface area contributed by atoms with Crippen LogP contribution in [0.1, 0.15) is 22.3 Å². The number of rotatable bonds is 0. The van der Waals surface area contributed by atoms with Gasteiger partial charge in [0.2, 0.25) is 0 Å². The molecule has 0 amide bonds. The Morgan fingerprint density at radius 1 is 0.303 bits per heavy atom. The lowest BCUT2D eigenvalue weighted by Gasteiger charge is -2.11. The first-order valence-corrected chi connectivity index (χ1v) is 13.1. The molecule has 0 spiro atoms. The van der Waals surface area contributed by atoms with Crippen LogP contribution in [0.4, 0.5) is 0 Å². The van der Waals surface area contributed by atoms with Gasteiger partial charge in [-0.05, 0) is 48.5 Å². The molecule has 0 aliphatic rings. The van der Waals surface area contributed by atoms with Gasteiger partial charge in [-0.2, -0.15) is 0 Å². The maximum atomic E-state index is 3.46. The average molecular weight is 431 g/mol. The molecular formula is C32H20Al-. The van der Waals surface area contributed by atoms with Gasteiger partial charge in [-0.1, -0.05) is 72.8 Å². The van der Waals surface area contributed by atoms with Crippen LogP contribution in [0.15, 0.2) is 121 Å². The minimum absolute atomic E-state index is 0.936. The van der Waals surface area contributed by atoms with Gasteiger partial charge in [-0.25, -0.2) is 0 Å². The molecule has 1 heteroatoms. The van der Waals surface area contributed by atoms with Crippen molar-refractivity contribution < 1.29 is 0 Å². The first-order chi connectivity index (χ1) is 16.3. The summed E-state index contributed by atoms with van der Waals surface area (Å²) in [5.74, 6) is 13.2. The maximum absolute atomic E-state index is 3.46. The van der Waals surface area contributed by atoms with Gasteiger partial charge in [-0.3, -0.25) is 0 Å². The van der Waals surface area contributed by atoms with E-state index < -0.39 is 13.1 Å². The Morgan fingerprint density at radius 2 is 0.515 bits per heavy atom. The second kappa shape index (κ2) is 11.3. The van der Waals surface area contributed by atoms with Crippen molar-refractivity contribution >= 4 is 13.1 Å². The van der Waals surface area contributed by atoms with Crippen molar-refractivity contribution in [1.29, 1.82) is 0 Å². The molecule has 4 aromatic rings. The Kier molecular flexibility index (Phi) is 7.50. The summed E-state index contributed by atoms with van der Waals surface area (Å²) in [5, 5.41) is 0. The van der Waals surface area contributed by atoms with Crippen molar-refractivity contribution in [3.05, 3.63) is 144 Å². The normalized spacial score (nSPS) is 9.45. The predicted octanol–water partition coefficient (Wildman–Crippen LogP) is 5.80. The quantitative estimate of drug-likeness (QED) is 0.244. The van der Waals surface area contributed by atoms with E-state index in [0.29, 0.717) is 0 Å². The highest BCUT2D eigenvalue weighted by Gasteiger charge is 2.22. The van der Waals surface area contributed by atoms with Crippen molar-refractivity contribution in [3.63, 3.8) is 0 Å². The Morgan fingerprint density at radius 3 is 0.727 bits per heavy atom. The zero-order chi connectivity index (χ0) is 22.6. The van der Waals surface area contributed by atoms with Crippen molar-refractivity contribution in [2.75, 3.05) is 0 Å². The lowest BCUT2D eigenvalue weighted by molar-refractivity contribution is 1.65. The molecule has 152 valence electrons. The molecule has 0 unspecified atom stereocenters. The highest BCUT2D eigenvalue weighted by molar-refractivity contribution is 7.06. The molecule has 0 saturated heterocycles. The van der Waals surface area contributed by atoms with Gasteiger partial charge in [-0.15, -0.1) is 23.7 Å². The Labute approximate surface area is 199 Å². The molecule has 0 radical (unpaired) electrons. The third-order valence-corrected chi connectivity index (χ3v) is 7.14. The first-order valence-electron chi connectivity index (χ1n) is 10.8. The van der Waals surface area contributed by atoms with Crippen molar-refractivity contribution in [3.8, 4) is 42.8 Å². The lowest BCUT2D eigenvalue weighted by Crippen LogP contribution is -2.29. The van der Waals surface area contributed by atoms with E-state index in [2.05, 4.69) is 42.8 Å². The molecule has 0 fully saturated rings. The summed E-state index contributed by atoms with van der Waals surface area (Å²) in [5.41, 5.74) is 3.75. The molecule has 0 aliphatic heterocycles. The van der Waals surface area contributed by atoms with Gasteiger partial charge < -0.3 is 19.1 Å². The number of benzene rings is 4. The molecular weight excluding hydrogens is 411 g/mol. The summed E-state index contributed by atoms with van der Waals surface area (Å²) in [6, 6.07) is 39.8. The van der Waals surface area contributed by atoms with E-state index in [9.17, 15) is 0 Å². The van der Waals surface area contributed by atoms with E-state index >= 15 is 0 Å². The van der Waals surface area contributed by atoms with E-state index in [1.54, 1.807) is 0 Å². The Balaban J connectivity index is 1.88. The van der Waals surface area contributed by atoms with E-state index in [4.69, 9.17) is 0 Å². The number of hydrogen-bond acceptors (Lipinski definition) is 0. The Bertz CT molecular complexity index is 1210.